The van der Waals surface area contributed by atoms with Crippen LogP contribution in [0.4, 0.5) is 0 Å². The molecule has 2 atom stereocenters. The van der Waals surface area contributed by atoms with Crippen LogP contribution in [0.2, 0.25) is 0 Å². The second-order valence-corrected chi connectivity index (χ2v) is 4.42. The minimum absolute atomic E-state index is 0.417. The van der Waals surface area contributed by atoms with Crippen LogP contribution in [0.3, 0.4) is 0 Å². The van der Waals surface area contributed by atoms with Gasteiger partial charge in [-0.15, -0.1) is 0 Å². The molecule has 4 heteroatoms. The van der Waals surface area contributed by atoms with Gasteiger partial charge in [-0.3, -0.25) is 4.90 Å². The summed E-state index contributed by atoms with van der Waals surface area (Å²) in [6.07, 6.45) is 4.11. The number of ether oxygens (including phenoxy) is 2. The quantitative estimate of drug-likeness (QED) is 0.727. The molecular weight excluding hydrogens is 192 g/mol. The minimum atomic E-state index is 0.417. The fraction of sp³-hybridized carbons (Fsp3) is 1.00. The predicted octanol–water partition coefficient (Wildman–Crippen LogP) is 0.215. The van der Waals surface area contributed by atoms with E-state index in [9.17, 15) is 0 Å². The highest BCUT2D eigenvalue weighted by Crippen LogP contribution is 2.17. The average Bonchev–Trinajstić information content (AvgIpc) is 2.79. The Morgan fingerprint density at radius 2 is 2.27 bits per heavy atom. The van der Waals surface area contributed by atoms with Crippen molar-refractivity contribution in [2.24, 2.45) is 5.73 Å². The molecule has 4 nitrogen and oxygen atoms in total. The number of morpholine rings is 1. The molecule has 0 aromatic carbocycles. The molecule has 0 aromatic heterocycles. The zero-order chi connectivity index (χ0) is 10.5. The SMILES string of the molecule is NCC1COCCN1CCC1CCCO1. The molecule has 2 rings (SSSR count). The third kappa shape index (κ3) is 3.14. The van der Waals surface area contributed by atoms with Gasteiger partial charge < -0.3 is 15.2 Å². The molecule has 88 valence electrons. The highest BCUT2D eigenvalue weighted by atomic mass is 16.5. The molecule has 0 radical (unpaired) electrons. The van der Waals surface area contributed by atoms with E-state index in [1.165, 1.54) is 12.8 Å². The average molecular weight is 214 g/mol. The fourth-order valence-electron chi connectivity index (χ4n) is 2.38. The van der Waals surface area contributed by atoms with Crippen LogP contribution in [0.15, 0.2) is 0 Å². The van der Waals surface area contributed by atoms with E-state index in [0.29, 0.717) is 18.7 Å². The number of hydrogen-bond donors (Lipinski definition) is 1. The van der Waals surface area contributed by atoms with E-state index in [1.54, 1.807) is 0 Å². The van der Waals surface area contributed by atoms with Crippen LogP contribution in [-0.4, -0.2) is 56.5 Å². The second-order valence-electron chi connectivity index (χ2n) is 4.42. The van der Waals surface area contributed by atoms with Crippen molar-refractivity contribution in [1.82, 2.24) is 4.90 Å². The number of rotatable bonds is 4. The van der Waals surface area contributed by atoms with Gasteiger partial charge >= 0.3 is 0 Å². The predicted molar refractivity (Wildman–Crippen MR) is 58.8 cm³/mol. The Morgan fingerprint density at radius 1 is 1.33 bits per heavy atom. The first-order valence-corrected chi connectivity index (χ1v) is 6.03. The maximum Gasteiger partial charge on any atom is 0.0634 e. The summed E-state index contributed by atoms with van der Waals surface area (Å²) in [5, 5.41) is 0. The van der Waals surface area contributed by atoms with Crippen LogP contribution >= 0.6 is 0 Å². The molecular formula is C11H22N2O2. The Kier molecular flexibility index (Phi) is 4.38. The van der Waals surface area contributed by atoms with Gasteiger partial charge in [-0.2, -0.15) is 0 Å². The summed E-state index contributed by atoms with van der Waals surface area (Å²) in [6.45, 7) is 5.42. The highest BCUT2D eigenvalue weighted by molar-refractivity contribution is 4.77. The van der Waals surface area contributed by atoms with Crippen LogP contribution in [-0.2, 0) is 9.47 Å². The third-order valence-corrected chi connectivity index (χ3v) is 3.38. The van der Waals surface area contributed by atoms with Crippen molar-refractivity contribution in [3.8, 4) is 0 Å². The lowest BCUT2D eigenvalue weighted by molar-refractivity contribution is -0.0113. The molecule has 0 bridgehead atoms. The summed E-state index contributed by atoms with van der Waals surface area (Å²) in [5.41, 5.74) is 5.72. The van der Waals surface area contributed by atoms with E-state index in [4.69, 9.17) is 15.2 Å². The molecule has 0 spiro atoms. The van der Waals surface area contributed by atoms with E-state index >= 15 is 0 Å². The lowest BCUT2D eigenvalue weighted by Crippen LogP contribution is -2.50. The molecule has 2 heterocycles. The van der Waals surface area contributed by atoms with E-state index < -0.39 is 0 Å². The Labute approximate surface area is 91.7 Å². The molecule has 2 unspecified atom stereocenters. The molecule has 0 amide bonds. The second kappa shape index (κ2) is 5.80. The molecule has 15 heavy (non-hydrogen) atoms. The standard InChI is InChI=1S/C11H22N2O2/c12-8-10-9-14-7-5-13(10)4-3-11-2-1-6-15-11/h10-11H,1-9,12H2. The zero-order valence-corrected chi connectivity index (χ0v) is 9.36. The Bertz CT molecular complexity index is 183. The van der Waals surface area contributed by atoms with Crippen molar-refractivity contribution in [2.45, 2.75) is 31.4 Å². The van der Waals surface area contributed by atoms with Crippen LogP contribution in [0.5, 0.6) is 0 Å². The van der Waals surface area contributed by atoms with Crippen molar-refractivity contribution in [1.29, 1.82) is 0 Å². The summed E-state index contributed by atoms with van der Waals surface area (Å²) in [7, 11) is 0. The minimum Gasteiger partial charge on any atom is -0.378 e. The highest BCUT2D eigenvalue weighted by Gasteiger charge is 2.23. The molecule has 0 saturated carbocycles. The van der Waals surface area contributed by atoms with Crippen LogP contribution < -0.4 is 5.73 Å². The molecule has 2 fully saturated rings. The maximum atomic E-state index is 5.72. The Balaban J connectivity index is 1.71. The summed E-state index contributed by atoms with van der Waals surface area (Å²) in [4.78, 5) is 2.45. The van der Waals surface area contributed by atoms with Gasteiger partial charge in [-0.25, -0.2) is 0 Å². The maximum absolute atomic E-state index is 5.72. The first-order chi connectivity index (χ1) is 7.40. The molecule has 2 saturated heterocycles. The Morgan fingerprint density at radius 3 is 3.00 bits per heavy atom. The van der Waals surface area contributed by atoms with Crippen molar-refractivity contribution in [3.05, 3.63) is 0 Å². The molecule has 0 aromatic rings. The molecule has 0 aliphatic carbocycles. The summed E-state index contributed by atoms with van der Waals surface area (Å²) >= 11 is 0. The van der Waals surface area contributed by atoms with Gasteiger partial charge in [0.2, 0.25) is 0 Å². The van der Waals surface area contributed by atoms with Gasteiger partial charge in [0.1, 0.15) is 0 Å². The number of hydrogen-bond acceptors (Lipinski definition) is 4. The molecule has 2 aliphatic heterocycles. The fourth-order valence-corrected chi connectivity index (χ4v) is 2.38. The monoisotopic (exact) mass is 214 g/mol. The van der Waals surface area contributed by atoms with E-state index in [0.717, 1.165) is 39.3 Å². The third-order valence-electron chi connectivity index (χ3n) is 3.38. The zero-order valence-electron chi connectivity index (χ0n) is 9.36. The molecule has 2 N–H and O–H groups in total. The Hall–Kier alpha value is -0.160. The smallest absolute Gasteiger partial charge is 0.0634 e. The largest absolute Gasteiger partial charge is 0.378 e. The summed E-state index contributed by atoms with van der Waals surface area (Å²) in [5.74, 6) is 0. The summed E-state index contributed by atoms with van der Waals surface area (Å²) < 4.78 is 11.0. The van der Waals surface area contributed by atoms with Gasteiger partial charge in [-0.1, -0.05) is 0 Å². The van der Waals surface area contributed by atoms with Crippen LogP contribution in [0, 0.1) is 0 Å². The van der Waals surface area contributed by atoms with Crippen molar-refractivity contribution in [2.75, 3.05) is 39.5 Å². The topological polar surface area (TPSA) is 47.7 Å². The first-order valence-electron chi connectivity index (χ1n) is 6.03. The van der Waals surface area contributed by atoms with Gasteiger partial charge in [0.05, 0.1) is 19.3 Å². The first kappa shape index (κ1) is 11.3. The van der Waals surface area contributed by atoms with Gasteiger partial charge in [0, 0.05) is 32.3 Å². The van der Waals surface area contributed by atoms with Gasteiger partial charge in [-0.05, 0) is 19.3 Å². The summed E-state index contributed by atoms with van der Waals surface area (Å²) in [6, 6.07) is 0.417. The van der Waals surface area contributed by atoms with Crippen molar-refractivity contribution in [3.63, 3.8) is 0 Å². The lowest BCUT2D eigenvalue weighted by Gasteiger charge is -2.35. The van der Waals surface area contributed by atoms with Gasteiger partial charge in [0.15, 0.2) is 0 Å². The lowest BCUT2D eigenvalue weighted by atomic mass is 10.1. The normalized spacial score (nSPS) is 33.4. The van der Waals surface area contributed by atoms with Crippen LogP contribution in [0.1, 0.15) is 19.3 Å². The molecule has 2 aliphatic rings. The van der Waals surface area contributed by atoms with Crippen LogP contribution in [0.25, 0.3) is 0 Å². The van der Waals surface area contributed by atoms with E-state index in [-0.39, 0.29) is 0 Å². The van der Waals surface area contributed by atoms with E-state index in [1.807, 2.05) is 0 Å². The van der Waals surface area contributed by atoms with Crippen molar-refractivity contribution >= 4 is 0 Å². The van der Waals surface area contributed by atoms with Crippen molar-refractivity contribution < 1.29 is 9.47 Å². The van der Waals surface area contributed by atoms with E-state index in [2.05, 4.69) is 4.90 Å². The van der Waals surface area contributed by atoms with Gasteiger partial charge in [0.25, 0.3) is 0 Å². The number of nitrogens with two attached hydrogens (primary N) is 1. The number of nitrogens with zero attached hydrogens (tertiary/aromatic N) is 1.